The maximum Gasteiger partial charge on any atom is 0.306 e. The van der Waals surface area contributed by atoms with Gasteiger partial charge < -0.3 is 14.2 Å². The molecule has 0 bridgehead atoms. The highest BCUT2D eigenvalue weighted by Crippen LogP contribution is 2.17. The smallest absolute Gasteiger partial charge is 0.306 e. The molecule has 0 aromatic heterocycles. The topological polar surface area (TPSA) is 78.9 Å². The molecule has 0 aliphatic heterocycles. The van der Waals surface area contributed by atoms with Crippen molar-refractivity contribution in [2.45, 2.75) is 341 Å². The standard InChI is InChI=1S/C70H124O6/c1-4-7-10-13-16-19-22-25-27-29-30-31-32-33-34-35-36-37-38-39-40-42-43-45-48-51-54-57-60-63-69(72)75-66-67(65-74-68(71)62-59-56-53-50-47-24-21-18-15-12-9-6-3)76-70(73)64-61-58-55-52-49-46-44-41-28-26-23-20-17-14-11-8-5-2/h7,10,16,18-19,21,25-28,30-31,67H,4-6,8-9,11-15,17,20,22-24,29,32-66H2,1-3H3/b10-7-,19-16-,21-18-,27-25-,28-26-,31-30-. The zero-order chi connectivity index (χ0) is 55.0. The summed E-state index contributed by atoms with van der Waals surface area (Å²) in [7, 11) is 0. The van der Waals surface area contributed by atoms with Gasteiger partial charge in [0, 0.05) is 19.3 Å². The number of esters is 3. The average Bonchev–Trinajstić information content (AvgIpc) is 3.42. The highest BCUT2D eigenvalue weighted by atomic mass is 16.6. The highest BCUT2D eigenvalue weighted by Gasteiger charge is 2.19. The van der Waals surface area contributed by atoms with Crippen LogP contribution in [0.15, 0.2) is 72.9 Å². The molecule has 0 aliphatic rings. The zero-order valence-electron chi connectivity index (χ0n) is 50.5. The SMILES string of the molecule is CC/C=C\C/C=C\C/C=C\C/C=C\CCCCCCCCCCCCCCCCCCC(=O)OCC(COC(=O)CCCCCCC/C=C\CCCCC)OC(=O)CCCCCCCCC/C=C\CCCCCCCC. The van der Waals surface area contributed by atoms with Gasteiger partial charge >= 0.3 is 17.9 Å². The van der Waals surface area contributed by atoms with Gasteiger partial charge in [-0.15, -0.1) is 0 Å². The lowest BCUT2D eigenvalue weighted by Gasteiger charge is -2.18. The Balaban J connectivity index is 4.20. The summed E-state index contributed by atoms with van der Waals surface area (Å²) in [6, 6.07) is 0. The Labute approximate surface area is 472 Å². The third kappa shape index (κ3) is 61.7. The van der Waals surface area contributed by atoms with Gasteiger partial charge in [-0.25, -0.2) is 0 Å². The molecule has 0 saturated heterocycles. The molecule has 0 spiro atoms. The molecule has 0 aromatic rings. The van der Waals surface area contributed by atoms with E-state index >= 15 is 0 Å². The van der Waals surface area contributed by atoms with E-state index in [0.29, 0.717) is 19.3 Å². The predicted octanol–water partition coefficient (Wildman–Crippen LogP) is 22.5. The molecule has 0 radical (unpaired) electrons. The molecule has 6 nitrogen and oxygen atoms in total. The van der Waals surface area contributed by atoms with Crippen LogP contribution in [0.3, 0.4) is 0 Å². The van der Waals surface area contributed by atoms with E-state index in [4.69, 9.17) is 14.2 Å². The largest absolute Gasteiger partial charge is 0.462 e. The average molecular weight is 1060 g/mol. The molecule has 0 amide bonds. The lowest BCUT2D eigenvalue weighted by Crippen LogP contribution is -2.30. The minimum atomic E-state index is -0.780. The summed E-state index contributed by atoms with van der Waals surface area (Å²) in [5.41, 5.74) is 0. The minimum Gasteiger partial charge on any atom is -0.462 e. The molecular formula is C70H124O6. The van der Waals surface area contributed by atoms with E-state index < -0.39 is 6.10 Å². The van der Waals surface area contributed by atoms with E-state index in [-0.39, 0.29) is 31.1 Å². The van der Waals surface area contributed by atoms with E-state index in [1.54, 1.807) is 0 Å². The van der Waals surface area contributed by atoms with Crippen molar-refractivity contribution in [2.24, 2.45) is 0 Å². The summed E-state index contributed by atoms with van der Waals surface area (Å²) >= 11 is 0. The fourth-order valence-electron chi connectivity index (χ4n) is 9.48. The molecule has 0 fully saturated rings. The number of unbranched alkanes of at least 4 members (excludes halogenated alkanes) is 37. The van der Waals surface area contributed by atoms with E-state index in [9.17, 15) is 14.4 Å². The normalized spacial score (nSPS) is 12.5. The zero-order valence-corrected chi connectivity index (χ0v) is 50.5. The van der Waals surface area contributed by atoms with Crippen LogP contribution in [0.5, 0.6) is 0 Å². The molecule has 0 N–H and O–H groups in total. The van der Waals surface area contributed by atoms with Gasteiger partial charge in [0.25, 0.3) is 0 Å². The molecule has 1 unspecified atom stereocenters. The van der Waals surface area contributed by atoms with E-state index in [0.717, 1.165) is 89.9 Å². The quantitative estimate of drug-likeness (QED) is 0.0261. The fraction of sp³-hybridized carbons (Fsp3) is 0.786. The first kappa shape index (κ1) is 72.8. The molecule has 0 rings (SSSR count). The summed E-state index contributed by atoms with van der Waals surface area (Å²) in [4.78, 5) is 38.3. The highest BCUT2D eigenvalue weighted by molar-refractivity contribution is 5.71. The lowest BCUT2D eigenvalue weighted by molar-refractivity contribution is -0.167. The summed E-state index contributed by atoms with van der Waals surface area (Å²) in [6.07, 6.45) is 83.5. The number of rotatable bonds is 60. The van der Waals surface area contributed by atoms with Crippen LogP contribution in [-0.2, 0) is 28.6 Å². The van der Waals surface area contributed by atoms with Gasteiger partial charge in [-0.3, -0.25) is 14.4 Å². The van der Waals surface area contributed by atoms with Crippen LogP contribution in [0.1, 0.15) is 335 Å². The molecule has 6 heteroatoms. The van der Waals surface area contributed by atoms with Crippen molar-refractivity contribution in [3.8, 4) is 0 Å². The number of carbonyl (C=O) groups excluding carboxylic acids is 3. The first-order chi connectivity index (χ1) is 37.5. The van der Waals surface area contributed by atoms with Gasteiger partial charge in [0.2, 0.25) is 0 Å². The Morgan fingerprint density at radius 2 is 0.513 bits per heavy atom. The molecule has 0 aliphatic carbocycles. The van der Waals surface area contributed by atoms with Gasteiger partial charge in [0.05, 0.1) is 0 Å². The molecule has 1 atom stereocenters. The van der Waals surface area contributed by atoms with E-state index in [1.807, 2.05) is 0 Å². The van der Waals surface area contributed by atoms with Crippen LogP contribution in [0.2, 0.25) is 0 Å². The summed E-state index contributed by atoms with van der Waals surface area (Å²) in [5.74, 6) is -0.874. The number of allylic oxidation sites excluding steroid dienone is 12. The third-order valence-electron chi connectivity index (χ3n) is 14.4. The van der Waals surface area contributed by atoms with Crippen molar-refractivity contribution in [1.82, 2.24) is 0 Å². The van der Waals surface area contributed by atoms with Crippen LogP contribution in [0, 0.1) is 0 Å². The predicted molar refractivity (Wildman–Crippen MR) is 330 cm³/mol. The Hall–Kier alpha value is -3.15. The summed E-state index contributed by atoms with van der Waals surface area (Å²) in [6.45, 7) is 6.53. The van der Waals surface area contributed by atoms with Crippen molar-refractivity contribution < 1.29 is 28.6 Å². The Morgan fingerprint density at radius 1 is 0.276 bits per heavy atom. The number of ether oxygens (including phenoxy) is 3. The molecular weight excluding hydrogens is 937 g/mol. The number of hydrogen-bond donors (Lipinski definition) is 0. The lowest BCUT2D eigenvalue weighted by atomic mass is 10.0. The number of hydrogen-bond acceptors (Lipinski definition) is 6. The molecule has 76 heavy (non-hydrogen) atoms. The van der Waals surface area contributed by atoms with Crippen LogP contribution < -0.4 is 0 Å². The summed E-state index contributed by atoms with van der Waals surface area (Å²) < 4.78 is 16.9. The van der Waals surface area contributed by atoms with Gasteiger partial charge in [0.15, 0.2) is 6.10 Å². The molecule has 0 saturated carbocycles. The summed E-state index contributed by atoms with van der Waals surface area (Å²) in [5, 5.41) is 0. The maximum absolute atomic E-state index is 12.9. The van der Waals surface area contributed by atoms with E-state index in [2.05, 4.69) is 93.7 Å². The van der Waals surface area contributed by atoms with E-state index in [1.165, 1.54) is 205 Å². The molecule has 0 aromatic carbocycles. The van der Waals surface area contributed by atoms with Crippen molar-refractivity contribution in [1.29, 1.82) is 0 Å². The van der Waals surface area contributed by atoms with Gasteiger partial charge in [-0.05, 0) is 109 Å². The van der Waals surface area contributed by atoms with Crippen LogP contribution >= 0.6 is 0 Å². The Morgan fingerprint density at radius 3 is 0.842 bits per heavy atom. The fourth-order valence-corrected chi connectivity index (χ4v) is 9.48. The van der Waals surface area contributed by atoms with Crippen molar-refractivity contribution in [3.05, 3.63) is 72.9 Å². The van der Waals surface area contributed by atoms with Gasteiger partial charge in [-0.1, -0.05) is 280 Å². The third-order valence-corrected chi connectivity index (χ3v) is 14.4. The second-order valence-electron chi connectivity index (χ2n) is 22.0. The maximum atomic E-state index is 12.9. The Kier molecular flexibility index (Phi) is 61.7. The minimum absolute atomic E-state index is 0.0765. The van der Waals surface area contributed by atoms with Crippen LogP contribution in [-0.4, -0.2) is 37.2 Å². The second kappa shape index (κ2) is 64.4. The van der Waals surface area contributed by atoms with Gasteiger partial charge in [-0.2, -0.15) is 0 Å². The first-order valence-corrected chi connectivity index (χ1v) is 32.9. The first-order valence-electron chi connectivity index (χ1n) is 32.9. The van der Waals surface area contributed by atoms with Gasteiger partial charge in [0.1, 0.15) is 13.2 Å². The number of carbonyl (C=O) groups is 3. The van der Waals surface area contributed by atoms with Crippen LogP contribution in [0.4, 0.5) is 0 Å². The van der Waals surface area contributed by atoms with Crippen molar-refractivity contribution in [3.63, 3.8) is 0 Å². The van der Waals surface area contributed by atoms with Crippen molar-refractivity contribution in [2.75, 3.05) is 13.2 Å². The van der Waals surface area contributed by atoms with Crippen LogP contribution in [0.25, 0.3) is 0 Å². The second-order valence-corrected chi connectivity index (χ2v) is 22.0. The van der Waals surface area contributed by atoms with Crippen molar-refractivity contribution >= 4 is 17.9 Å². The Bertz CT molecular complexity index is 1400. The molecule has 0 heterocycles. The molecule has 440 valence electrons. The monoisotopic (exact) mass is 1060 g/mol.